The number of carbonyl (C=O) groups excluding carboxylic acids is 1. The van der Waals surface area contributed by atoms with Crippen LogP contribution in [0.25, 0.3) is 0 Å². The minimum absolute atomic E-state index is 0.0444. The fraction of sp³-hybridized carbons (Fsp3) is 0.238. The Labute approximate surface area is 203 Å². The monoisotopic (exact) mass is 503 g/mol. The van der Waals surface area contributed by atoms with Gasteiger partial charge in [-0.2, -0.15) is 9.78 Å². The predicted molar refractivity (Wildman–Crippen MR) is 124 cm³/mol. The van der Waals surface area contributed by atoms with Crippen LogP contribution >= 0.6 is 23.2 Å². The molecule has 0 fully saturated rings. The lowest BCUT2D eigenvalue weighted by molar-refractivity contribution is -0.389. The summed E-state index contributed by atoms with van der Waals surface area (Å²) >= 11 is 12.2. The molecule has 0 atom stereocenters. The van der Waals surface area contributed by atoms with Crippen LogP contribution in [0.15, 0.2) is 34.9 Å². The zero-order valence-electron chi connectivity index (χ0n) is 18.4. The van der Waals surface area contributed by atoms with Gasteiger partial charge in [0.15, 0.2) is 11.5 Å². The predicted octanol–water partition coefficient (Wildman–Crippen LogP) is 4.56. The molecule has 3 heterocycles. The highest BCUT2D eigenvalue weighted by Gasteiger charge is 2.24. The molecule has 1 amide bonds. The summed E-state index contributed by atoms with van der Waals surface area (Å²) in [5, 5.41) is 27.0. The van der Waals surface area contributed by atoms with Crippen LogP contribution in [0.4, 0.5) is 11.6 Å². The fourth-order valence-corrected chi connectivity index (χ4v) is 3.83. The van der Waals surface area contributed by atoms with E-state index in [1.165, 1.54) is 10.7 Å². The highest BCUT2D eigenvalue weighted by Crippen LogP contribution is 2.23. The first-order valence-corrected chi connectivity index (χ1v) is 10.8. The average molecular weight is 504 g/mol. The van der Waals surface area contributed by atoms with Gasteiger partial charge < -0.3 is 20.0 Å². The molecular formula is C21H19Cl2N7O4. The van der Waals surface area contributed by atoms with Gasteiger partial charge in [0.05, 0.1) is 35.5 Å². The number of aromatic nitrogens is 5. The molecule has 4 aromatic rings. The summed E-state index contributed by atoms with van der Waals surface area (Å²) in [5.41, 5.74) is 2.70. The Balaban J connectivity index is 1.53. The van der Waals surface area contributed by atoms with Crippen molar-refractivity contribution in [1.82, 2.24) is 24.7 Å². The molecule has 34 heavy (non-hydrogen) atoms. The van der Waals surface area contributed by atoms with E-state index in [2.05, 4.69) is 20.7 Å². The molecule has 0 unspecified atom stereocenters. The molecule has 0 radical (unpaired) electrons. The lowest BCUT2D eigenvalue weighted by atomic mass is 10.2. The van der Waals surface area contributed by atoms with Crippen molar-refractivity contribution in [3.63, 3.8) is 0 Å². The molecule has 11 nitrogen and oxygen atoms in total. The molecule has 13 heteroatoms. The van der Waals surface area contributed by atoms with E-state index in [1.807, 2.05) is 13.0 Å². The van der Waals surface area contributed by atoms with E-state index < -0.39 is 10.8 Å². The lowest BCUT2D eigenvalue weighted by Crippen LogP contribution is -2.17. The zero-order valence-corrected chi connectivity index (χ0v) is 19.9. The van der Waals surface area contributed by atoms with E-state index >= 15 is 0 Å². The first kappa shape index (κ1) is 23.5. The van der Waals surface area contributed by atoms with Crippen molar-refractivity contribution in [3.8, 4) is 0 Å². The van der Waals surface area contributed by atoms with Gasteiger partial charge in [0.25, 0.3) is 5.91 Å². The van der Waals surface area contributed by atoms with E-state index in [1.54, 1.807) is 36.7 Å². The van der Waals surface area contributed by atoms with Crippen molar-refractivity contribution in [3.05, 3.63) is 84.5 Å². The summed E-state index contributed by atoms with van der Waals surface area (Å²) < 4.78 is 8.33. The van der Waals surface area contributed by atoms with Crippen molar-refractivity contribution < 1.29 is 14.2 Å². The Morgan fingerprint density at radius 1 is 1.09 bits per heavy atom. The van der Waals surface area contributed by atoms with Crippen molar-refractivity contribution in [2.45, 2.75) is 33.9 Å². The lowest BCUT2D eigenvalue weighted by Gasteiger charge is -2.07. The number of anilines is 1. The van der Waals surface area contributed by atoms with Gasteiger partial charge >= 0.3 is 5.82 Å². The molecule has 0 saturated carbocycles. The van der Waals surface area contributed by atoms with Crippen molar-refractivity contribution in [1.29, 1.82) is 0 Å². The Kier molecular flexibility index (Phi) is 6.40. The van der Waals surface area contributed by atoms with Gasteiger partial charge in [-0.15, -0.1) is 0 Å². The maximum absolute atomic E-state index is 13.0. The molecule has 1 N–H and O–H groups in total. The van der Waals surface area contributed by atoms with Gasteiger partial charge in [-0.3, -0.25) is 9.48 Å². The summed E-state index contributed by atoms with van der Waals surface area (Å²) in [7, 11) is 0. The summed E-state index contributed by atoms with van der Waals surface area (Å²) in [6.07, 6.45) is 0. The first-order chi connectivity index (χ1) is 16.1. The molecular weight excluding hydrogens is 485 g/mol. The van der Waals surface area contributed by atoms with Crippen molar-refractivity contribution >= 4 is 40.7 Å². The third kappa shape index (κ3) is 4.80. The van der Waals surface area contributed by atoms with Crippen LogP contribution < -0.4 is 5.32 Å². The third-order valence-electron chi connectivity index (χ3n) is 5.22. The van der Waals surface area contributed by atoms with E-state index in [-0.39, 0.29) is 18.1 Å². The molecule has 0 bridgehead atoms. The summed E-state index contributed by atoms with van der Waals surface area (Å²) in [4.78, 5) is 23.4. The van der Waals surface area contributed by atoms with Crippen LogP contribution in [0.3, 0.4) is 0 Å². The minimum atomic E-state index is -0.576. The van der Waals surface area contributed by atoms with E-state index in [9.17, 15) is 14.9 Å². The average Bonchev–Trinajstić information content (AvgIpc) is 3.42. The number of halogens is 2. The fourth-order valence-electron chi connectivity index (χ4n) is 3.37. The second-order valence-electron chi connectivity index (χ2n) is 7.64. The molecule has 3 aromatic heterocycles. The molecule has 1 aromatic carbocycles. The van der Waals surface area contributed by atoms with Gasteiger partial charge in [0.1, 0.15) is 5.76 Å². The standard InChI is InChI=1S/C21H19Cl2N7O4/c1-11-6-18(25-28(11)9-14-4-5-15(22)8-17(14)23)24-21(31)20-16(13(3)34-27-20)10-29-12(2)7-19(26-29)30(32)33/h4-8H,9-10H2,1-3H3,(H,24,25,31). The number of nitro groups is 1. The highest BCUT2D eigenvalue weighted by atomic mass is 35.5. The SMILES string of the molecule is Cc1onc(C(=O)Nc2cc(C)n(Cc3ccc(Cl)cc3Cl)n2)c1Cn1nc([N+](=O)[O-])cc1C. The van der Waals surface area contributed by atoms with Crippen molar-refractivity contribution in [2.75, 3.05) is 5.32 Å². The largest absolute Gasteiger partial charge is 0.390 e. The van der Waals surface area contributed by atoms with Crippen LogP contribution in [-0.2, 0) is 13.1 Å². The Bertz CT molecular complexity index is 1410. The van der Waals surface area contributed by atoms with Crippen molar-refractivity contribution in [2.24, 2.45) is 0 Å². The second kappa shape index (κ2) is 9.27. The molecule has 0 spiro atoms. The Morgan fingerprint density at radius 2 is 1.79 bits per heavy atom. The number of hydrogen-bond donors (Lipinski definition) is 1. The van der Waals surface area contributed by atoms with E-state index in [0.29, 0.717) is 39.4 Å². The molecule has 4 rings (SSSR count). The summed E-state index contributed by atoms with van der Waals surface area (Å²) in [6, 6.07) is 8.29. The summed E-state index contributed by atoms with van der Waals surface area (Å²) in [5.74, 6) is -0.0772. The second-order valence-corrected chi connectivity index (χ2v) is 8.49. The minimum Gasteiger partial charge on any atom is -0.361 e. The zero-order chi connectivity index (χ0) is 24.6. The van der Waals surface area contributed by atoms with E-state index in [4.69, 9.17) is 27.7 Å². The van der Waals surface area contributed by atoms with Gasteiger partial charge in [0, 0.05) is 21.8 Å². The maximum Gasteiger partial charge on any atom is 0.390 e. The highest BCUT2D eigenvalue weighted by molar-refractivity contribution is 6.35. The number of hydrogen-bond acceptors (Lipinski definition) is 7. The van der Waals surface area contributed by atoms with E-state index in [0.717, 1.165) is 11.3 Å². The smallest absolute Gasteiger partial charge is 0.361 e. The molecule has 0 aliphatic rings. The van der Waals surface area contributed by atoms with Crippen LogP contribution in [-0.4, -0.2) is 35.5 Å². The van der Waals surface area contributed by atoms with Gasteiger partial charge in [-0.1, -0.05) is 34.4 Å². The summed E-state index contributed by atoms with van der Waals surface area (Å²) in [6.45, 7) is 5.67. The van der Waals surface area contributed by atoms with Crippen LogP contribution in [0.5, 0.6) is 0 Å². The normalized spacial score (nSPS) is 11.1. The van der Waals surface area contributed by atoms with Gasteiger partial charge in [-0.25, -0.2) is 0 Å². The molecule has 0 aliphatic carbocycles. The quantitative estimate of drug-likeness (QED) is 0.288. The number of benzene rings is 1. The van der Waals surface area contributed by atoms with Crippen LogP contribution in [0.2, 0.25) is 10.0 Å². The van der Waals surface area contributed by atoms with Gasteiger partial charge in [-0.05, 0) is 43.4 Å². The Hall–Kier alpha value is -3.70. The number of amides is 1. The number of aryl methyl sites for hydroxylation is 3. The maximum atomic E-state index is 13.0. The molecule has 0 aliphatic heterocycles. The topological polar surface area (TPSA) is 134 Å². The van der Waals surface area contributed by atoms with Gasteiger partial charge in [0.2, 0.25) is 0 Å². The number of nitrogens with zero attached hydrogens (tertiary/aromatic N) is 6. The van der Waals surface area contributed by atoms with Crippen LogP contribution in [0.1, 0.15) is 38.8 Å². The molecule has 0 saturated heterocycles. The Morgan fingerprint density at radius 3 is 2.47 bits per heavy atom. The number of carbonyl (C=O) groups is 1. The first-order valence-electron chi connectivity index (χ1n) is 10.1. The third-order valence-corrected chi connectivity index (χ3v) is 5.81. The molecule has 176 valence electrons. The number of rotatable bonds is 7. The van der Waals surface area contributed by atoms with Crippen LogP contribution in [0, 0.1) is 30.9 Å². The number of nitrogens with one attached hydrogen (secondary N) is 1.